The first-order chi connectivity index (χ1) is 13.5. The first kappa shape index (κ1) is 19.5. The van der Waals surface area contributed by atoms with Gasteiger partial charge in [0.25, 0.3) is 5.91 Å². The summed E-state index contributed by atoms with van der Waals surface area (Å²) < 4.78 is 10.4. The molecule has 6 nitrogen and oxygen atoms in total. The van der Waals surface area contributed by atoms with E-state index in [1.165, 1.54) is 16.7 Å². The molecular formula is C21H19N3O3S. The van der Waals surface area contributed by atoms with Crippen LogP contribution in [0.1, 0.15) is 12.5 Å². The van der Waals surface area contributed by atoms with Gasteiger partial charge < -0.3 is 9.47 Å². The highest BCUT2D eigenvalue weighted by atomic mass is 32.2. The van der Waals surface area contributed by atoms with Gasteiger partial charge in [0.2, 0.25) is 0 Å². The average Bonchev–Trinajstić information content (AvgIpc) is 3.03. The highest BCUT2D eigenvalue weighted by Gasteiger charge is 2.33. The smallest absolute Gasteiger partial charge is 0.283 e. The molecular weight excluding hydrogens is 374 g/mol. The molecule has 2 aromatic rings. The summed E-state index contributed by atoms with van der Waals surface area (Å²) in [4.78, 5) is 19.1. The van der Waals surface area contributed by atoms with E-state index in [0.29, 0.717) is 22.3 Å². The molecule has 1 atom stereocenters. The van der Waals surface area contributed by atoms with Crippen molar-refractivity contribution in [3.8, 4) is 17.6 Å². The molecule has 0 saturated heterocycles. The number of methoxy groups -OCH3 is 2. The first-order valence-electron chi connectivity index (χ1n) is 8.55. The van der Waals surface area contributed by atoms with Crippen molar-refractivity contribution in [1.82, 2.24) is 0 Å². The Kier molecular flexibility index (Phi) is 6.02. The van der Waals surface area contributed by atoms with Crippen molar-refractivity contribution in [1.29, 1.82) is 5.26 Å². The molecule has 1 aliphatic heterocycles. The first-order valence-corrected chi connectivity index (χ1v) is 9.43. The topological polar surface area (TPSA) is 74.9 Å². The minimum absolute atomic E-state index is 0.253. The van der Waals surface area contributed by atoms with Crippen molar-refractivity contribution in [2.75, 3.05) is 19.1 Å². The number of hydrogen-bond acceptors (Lipinski definition) is 6. The third-order valence-corrected chi connectivity index (χ3v) is 4.97. The van der Waals surface area contributed by atoms with E-state index in [9.17, 15) is 10.1 Å². The summed E-state index contributed by atoms with van der Waals surface area (Å²) in [6.07, 6.45) is 1.72. The summed E-state index contributed by atoms with van der Waals surface area (Å²) in [5, 5.41) is 9.29. The third-order valence-electron chi connectivity index (χ3n) is 4.02. The zero-order valence-corrected chi connectivity index (χ0v) is 16.6. The van der Waals surface area contributed by atoms with Crippen LogP contribution in [0, 0.1) is 11.3 Å². The monoisotopic (exact) mass is 393 g/mol. The largest absolute Gasteiger partial charge is 0.497 e. The number of benzene rings is 2. The quantitative estimate of drug-likeness (QED) is 0.715. The van der Waals surface area contributed by atoms with Crippen molar-refractivity contribution >= 4 is 34.6 Å². The molecule has 28 heavy (non-hydrogen) atoms. The molecule has 0 bridgehead atoms. The van der Waals surface area contributed by atoms with Crippen LogP contribution in [0.15, 0.2) is 59.2 Å². The van der Waals surface area contributed by atoms with Crippen LogP contribution in [0.5, 0.6) is 11.5 Å². The van der Waals surface area contributed by atoms with E-state index >= 15 is 0 Å². The van der Waals surface area contributed by atoms with Crippen LogP contribution in [0.3, 0.4) is 0 Å². The zero-order valence-electron chi connectivity index (χ0n) is 15.7. The zero-order chi connectivity index (χ0) is 20.1. The number of nitriles is 1. The van der Waals surface area contributed by atoms with Crippen molar-refractivity contribution < 1.29 is 14.3 Å². The number of amides is 1. The lowest BCUT2D eigenvalue weighted by Crippen LogP contribution is -2.31. The lowest BCUT2D eigenvalue weighted by molar-refractivity contribution is -0.113. The predicted molar refractivity (Wildman–Crippen MR) is 112 cm³/mol. The molecule has 0 N–H and O–H groups in total. The van der Waals surface area contributed by atoms with Crippen LogP contribution in [-0.2, 0) is 4.79 Å². The maximum Gasteiger partial charge on any atom is 0.283 e. The second-order valence-electron chi connectivity index (χ2n) is 5.93. The van der Waals surface area contributed by atoms with E-state index in [1.54, 1.807) is 39.4 Å². The van der Waals surface area contributed by atoms with E-state index in [0.717, 1.165) is 11.3 Å². The number of ether oxygens (including phenoxy) is 2. The molecule has 1 unspecified atom stereocenters. The number of carbonyl (C=O) groups excluding carboxylic acids is 1. The van der Waals surface area contributed by atoms with E-state index in [-0.39, 0.29) is 11.2 Å². The van der Waals surface area contributed by atoms with Gasteiger partial charge in [0.15, 0.2) is 5.17 Å². The maximum atomic E-state index is 13.1. The summed E-state index contributed by atoms with van der Waals surface area (Å²) >= 11 is 1.24. The molecule has 0 fully saturated rings. The van der Waals surface area contributed by atoms with Crippen molar-refractivity contribution in [2.45, 2.75) is 12.2 Å². The molecule has 0 saturated carbocycles. The van der Waals surface area contributed by atoms with Crippen LogP contribution >= 0.6 is 11.8 Å². The number of aliphatic imine (C=N–C) groups is 1. The van der Waals surface area contributed by atoms with Crippen LogP contribution in [0.25, 0.3) is 6.08 Å². The summed E-state index contributed by atoms with van der Waals surface area (Å²) in [5.74, 6) is 1.12. The van der Waals surface area contributed by atoms with Crippen molar-refractivity contribution in [3.05, 3.63) is 59.8 Å². The number of nitrogens with zero attached hydrogens (tertiary/aromatic N) is 3. The molecule has 3 rings (SSSR count). The van der Waals surface area contributed by atoms with Gasteiger partial charge >= 0.3 is 0 Å². The molecule has 1 heterocycles. The van der Waals surface area contributed by atoms with Gasteiger partial charge in [-0.15, -0.1) is 0 Å². The van der Waals surface area contributed by atoms with Gasteiger partial charge in [0.05, 0.1) is 31.2 Å². The van der Waals surface area contributed by atoms with Gasteiger partial charge in [0.1, 0.15) is 17.2 Å². The van der Waals surface area contributed by atoms with E-state index < -0.39 is 0 Å². The number of amidine groups is 1. The lowest BCUT2D eigenvalue weighted by Gasteiger charge is -2.18. The highest BCUT2D eigenvalue weighted by molar-refractivity contribution is 8.15. The fourth-order valence-electron chi connectivity index (χ4n) is 2.60. The molecule has 0 radical (unpaired) electrons. The van der Waals surface area contributed by atoms with E-state index in [1.807, 2.05) is 36.4 Å². The fourth-order valence-corrected chi connectivity index (χ4v) is 3.41. The minimum atomic E-state index is -0.347. The molecule has 2 aromatic carbocycles. The highest BCUT2D eigenvalue weighted by Crippen LogP contribution is 2.32. The van der Waals surface area contributed by atoms with E-state index in [2.05, 4.69) is 11.1 Å². The number of anilines is 1. The van der Waals surface area contributed by atoms with Crippen LogP contribution in [-0.4, -0.2) is 30.5 Å². The Morgan fingerprint density at radius 2 is 1.86 bits per heavy atom. The number of rotatable bonds is 5. The molecule has 0 aliphatic carbocycles. The molecule has 0 aromatic heterocycles. The number of hydrogen-bond donors (Lipinski definition) is 0. The number of thioether (sulfide) groups is 1. The van der Waals surface area contributed by atoms with Gasteiger partial charge in [-0.2, -0.15) is 5.26 Å². The normalized spacial score (nSPS) is 15.9. The number of carbonyl (C=O) groups is 1. The molecule has 1 aliphatic rings. The Bertz CT molecular complexity index is 977. The lowest BCUT2D eigenvalue weighted by atomic mass is 10.2. The molecule has 142 valence electrons. The SMILES string of the molecule is COc1ccc(/C=C2\N=C(SC(C)C#N)N(c3cccc(OC)c3)C2=O)cc1. The Morgan fingerprint density at radius 1 is 1.14 bits per heavy atom. The van der Waals surface area contributed by atoms with Crippen LogP contribution in [0.4, 0.5) is 5.69 Å². The van der Waals surface area contributed by atoms with Crippen molar-refractivity contribution in [3.63, 3.8) is 0 Å². The summed E-state index contributed by atoms with van der Waals surface area (Å²) in [6.45, 7) is 1.77. The van der Waals surface area contributed by atoms with Gasteiger partial charge in [-0.05, 0) is 42.8 Å². The van der Waals surface area contributed by atoms with Crippen molar-refractivity contribution in [2.24, 2.45) is 4.99 Å². The summed E-state index contributed by atoms with van der Waals surface area (Å²) in [7, 11) is 3.17. The second kappa shape index (κ2) is 8.63. The predicted octanol–water partition coefficient (Wildman–Crippen LogP) is 4.09. The Balaban J connectivity index is 1.99. The maximum absolute atomic E-state index is 13.1. The fraction of sp³-hybridized carbons (Fsp3) is 0.190. The Hall–Kier alpha value is -3.24. The van der Waals surface area contributed by atoms with Crippen LogP contribution in [0.2, 0.25) is 0 Å². The summed E-state index contributed by atoms with van der Waals surface area (Å²) in [5.41, 5.74) is 1.78. The molecule has 0 spiro atoms. The van der Waals surface area contributed by atoms with Gasteiger partial charge in [-0.25, -0.2) is 4.99 Å². The molecule has 7 heteroatoms. The average molecular weight is 393 g/mol. The minimum Gasteiger partial charge on any atom is -0.497 e. The standard InChI is InChI=1S/C21H19N3O3S/c1-14(13-22)28-21-23-19(11-15-7-9-17(26-2)10-8-15)20(25)24(21)16-5-4-6-18(12-16)27-3/h4-12,14H,1-3H3/b19-11-. The van der Waals surface area contributed by atoms with Gasteiger partial charge in [-0.1, -0.05) is 30.0 Å². The third kappa shape index (κ3) is 4.18. The van der Waals surface area contributed by atoms with Gasteiger partial charge in [-0.3, -0.25) is 9.69 Å². The van der Waals surface area contributed by atoms with Gasteiger partial charge in [0, 0.05) is 6.07 Å². The van der Waals surface area contributed by atoms with Crippen LogP contribution < -0.4 is 14.4 Å². The Morgan fingerprint density at radius 3 is 2.50 bits per heavy atom. The molecule has 1 amide bonds. The Labute approximate surface area is 168 Å². The van der Waals surface area contributed by atoms with E-state index in [4.69, 9.17) is 9.47 Å². The second-order valence-corrected chi connectivity index (χ2v) is 7.24. The summed E-state index contributed by atoms with van der Waals surface area (Å²) in [6, 6.07) is 16.7.